The summed E-state index contributed by atoms with van der Waals surface area (Å²) in [7, 11) is 0. The summed E-state index contributed by atoms with van der Waals surface area (Å²) in [4.78, 5) is 21.7. The van der Waals surface area contributed by atoms with E-state index in [4.69, 9.17) is 0 Å². The highest BCUT2D eigenvalue weighted by Crippen LogP contribution is 1.99. The van der Waals surface area contributed by atoms with Gasteiger partial charge in [0.2, 0.25) is 5.95 Å². The Balaban J connectivity index is 2.33. The van der Waals surface area contributed by atoms with E-state index in [1.54, 1.807) is 18.5 Å². The van der Waals surface area contributed by atoms with Gasteiger partial charge >= 0.3 is 5.69 Å². The van der Waals surface area contributed by atoms with Crippen molar-refractivity contribution in [3.8, 4) is 5.95 Å². The van der Waals surface area contributed by atoms with Gasteiger partial charge in [-0.15, -0.1) is 0 Å². The number of nitrogens with zero attached hydrogens (tertiary/aromatic N) is 4. The lowest BCUT2D eigenvalue weighted by Crippen LogP contribution is -2.19. The summed E-state index contributed by atoms with van der Waals surface area (Å²) in [6.07, 6.45) is 4.23. The number of nitrogens with one attached hydrogen (secondary N) is 2. The fraction of sp³-hybridized carbons (Fsp3) is 0.333. The summed E-state index contributed by atoms with van der Waals surface area (Å²) in [5.74, 6) is 0.666. The topological polar surface area (TPSA) is 88.5 Å². The summed E-state index contributed by atoms with van der Waals surface area (Å²) < 4.78 is 1.44. The van der Waals surface area contributed by atoms with E-state index >= 15 is 0 Å². The van der Waals surface area contributed by atoms with E-state index in [0.29, 0.717) is 5.95 Å². The molecule has 0 bridgehead atoms. The highest BCUT2D eigenvalue weighted by Gasteiger charge is 2.03. The van der Waals surface area contributed by atoms with Crippen molar-refractivity contribution in [3.63, 3.8) is 0 Å². The first-order valence-electron chi connectivity index (χ1n) is 5.02. The molecule has 2 heterocycles. The lowest BCUT2D eigenvalue weighted by Gasteiger charge is -2.04. The predicted molar refractivity (Wildman–Crippen MR) is 58.6 cm³/mol. The van der Waals surface area contributed by atoms with E-state index < -0.39 is 5.69 Å². The molecule has 2 rings (SSSR count). The Morgan fingerprint density at radius 3 is 3.06 bits per heavy atom. The Labute approximate surface area is 91.6 Å². The van der Waals surface area contributed by atoms with Crippen molar-refractivity contribution in [3.05, 3.63) is 28.9 Å². The Kier molecular flexibility index (Phi) is 2.95. The van der Waals surface area contributed by atoms with Gasteiger partial charge in [0.15, 0.2) is 0 Å². The van der Waals surface area contributed by atoms with Crippen molar-refractivity contribution in [1.82, 2.24) is 24.7 Å². The fourth-order valence-corrected chi connectivity index (χ4v) is 1.19. The second-order valence-corrected chi connectivity index (χ2v) is 3.18. The molecular weight excluding hydrogens is 208 g/mol. The van der Waals surface area contributed by atoms with Crippen molar-refractivity contribution in [2.45, 2.75) is 13.3 Å². The van der Waals surface area contributed by atoms with Crippen LogP contribution < -0.4 is 11.0 Å². The first kappa shape index (κ1) is 10.3. The minimum Gasteiger partial charge on any atom is -0.356 e. The van der Waals surface area contributed by atoms with Crippen LogP contribution in [0, 0.1) is 0 Å². The fourth-order valence-electron chi connectivity index (χ4n) is 1.19. The Morgan fingerprint density at radius 2 is 2.38 bits per heavy atom. The molecule has 0 unspecified atom stereocenters. The number of aromatic nitrogens is 5. The molecule has 2 N–H and O–H groups in total. The summed E-state index contributed by atoms with van der Waals surface area (Å²) in [5, 5.41) is 6.95. The monoisotopic (exact) mass is 220 g/mol. The molecule has 84 valence electrons. The average molecular weight is 220 g/mol. The van der Waals surface area contributed by atoms with Gasteiger partial charge in [0, 0.05) is 18.9 Å². The maximum atomic E-state index is 11.3. The number of hydrogen-bond donors (Lipinski definition) is 2. The Morgan fingerprint density at radius 1 is 1.50 bits per heavy atom. The lowest BCUT2D eigenvalue weighted by atomic mass is 10.5. The van der Waals surface area contributed by atoms with Crippen LogP contribution in [0.2, 0.25) is 0 Å². The molecule has 0 saturated heterocycles. The van der Waals surface area contributed by atoms with Crippen molar-refractivity contribution in [2.75, 3.05) is 11.9 Å². The van der Waals surface area contributed by atoms with Crippen LogP contribution in [-0.2, 0) is 0 Å². The first-order chi connectivity index (χ1) is 7.79. The van der Waals surface area contributed by atoms with Crippen LogP contribution in [0.1, 0.15) is 13.3 Å². The van der Waals surface area contributed by atoms with E-state index in [1.807, 2.05) is 6.92 Å². The van der Waals surface area contributed by atoms with Gasteiger partial charge in [-0.3, -0.25) is 4.98 Å². The van der Waals surface area contributed by atoms with Crippen LogP contribution in [0.3, 0.4) is 0 Å². The van der Waals surface area contributed by atoms with Gasteiger partial charge < -0.3 is 5.32 Å². The van der Waals surface area contributed by atoms with Gasteiger partial charge in [0.25, 0.3) is 5.95 Å². The second kappa shape index (κ2) is 4.56. The largest absolute Gasteiger partial charge is 0.356 e. The Hall–Kier alpha value is -2.18. The minimum absolute atomic E-state index is 0.257. The van der Waals surface area contributed by atoms with Crippen LogP contribution in [0.25, 0.3) is 5.95 Å². The number of rotatable bonds is 4. The van der Waals surface area contributed by atoms with Crippen LogP contribution in [-0.4, -0.2) is 31.3 Å². The maximum Gasteiger partial charge on any atom is 0.351 e. The molecule has 16 heavy (non-hydrogen) atoms. The zero-order chi connectivity index (χ0) is 11.4. The van der Waals surface area contributed by atoms with Crippen molar-refractivity contribution >= 4 is 5.95 Å². The van der Waals surface area contributed by atoms with Gasteiger partial charge in [-0.2, -0.15) is 15.1 Å². The van der Waals surface area contributed by atoms with Gasteiger partial charge in [-0.25, -0.2) is 9.48 Å². The molecule has 0 aromatic carbocycles. The summed E-state index contributed by atoms with van der Waals surface area (Å²) >= 11 is 0. The molecule has 0 aliphatic carbocycles. The number of hydrogen-bond acceptors (Lipinski definition) is 5. The van der Waals surface area contributed by atoms with Crippen LogP contribution in [0.15, 0.2) is 23.3 Å². The molecule has 7 nitrogen and oxygen atoms in total. The van der Waals surface area contributed by atoms with Gasteiger partial charge in [0.05, 0.1) is 0 Å². The molecule has 0 amide bonds. The standard InChI is InChI=1S/C9H12N6O/c1-2-4-10-7-12-8(14-9(16)13-7)15-6-3-5-11-15/h3,5-6H,2,4H2,1H3,(H2,10,12,13,14,16). The molecule has 2 aromatic rings. The molecule has 2 aromatic heterocycles. The zero-order valence-corrected chi connectivity index (χ0v) is 8.84. The van der Waals surface area contributed by atoms with Crippen LogP contribution >= 0.6 is 0 Å². The lowest BCUT2D eigenvalue weighted by molar-refractivity contribution is 0.781. The molecule has 0 fully saturated rings. The van der Waals surface area contributed by atoms with Gasteiger partial charge in [0.1, 0.15) is 0 Å². The van der Waals surface area contributed by atoms with Gasteiger partial charge in [-0.1, -0.05) is 6.92 Å². The van der Waals surface area contributed by atoms with Crippen molar-refractivity contribution in [1.29, 1.82) is 0 Å². The molecule has 0 spiro atoms. The quantitative estimate of drug-likeness (QED) is 0.766. The van der Waals surface area contributed by atoms with Crippen molar-refractivity contribution in [2.24, 2.45) is 0 Å². The molecular formula is C9H12N6O. The minimum atomic E-state index is -0.445. The molecule has 0 radical (unpaired) electrons. The Bertz CT molecular complexity index is 503. The van der Waals surface area contributed by atoms with E-state index in [2.05, 4.69) is 25.4 Å². The van der Waals surface area contributed by atoms with Crippen LogP contribution in [0.4, 0.5) is 5.95 Å². The highest BCUT2D eigenvalue weighted by atomic mass is 16.1. The number of anilines is 1. The molecule has 7 heteroatoms. The zero-order valence-electron chi connectivity index (χ0n) is 8.84. The predicted octanol–water partition coefficient (Wildman–Crippen LogP) is 0.172. The molecule has 0 saturated carbocycles. The average Bonchev–Trinajstić information content (AvgIpc) is 2.79. The first-order valence-corrected chi connectivity index (χ1v) is 5.02. The maximum absolute atomic E-state index is 11.3. The van der Waals surface area contributed by atoms with E-state index in [9.17, 15) is 4.79 Å². The second-order valence-electron chi connectivity index (χ2n) is 3.18. The summed E-state index contributed by atoms with van der Waals surface area (Å²) in [5.41, 5.74) is -0.445. The molecule has 0 aliphatic heterocycles. The third-order valence-corrected chi connectivity index (χ3v) is 1.89. The smallest absolute Gasteiger partial charge is 0.351 e. The van der Waals surface area contributed by atoms with E-state index in [1.165, 1.54) is 4.68 Å². The normalized spacial score (nSPS) is 10.3. The molecule has 0 atom stereocenters. The number of H-pyrrole nitrogens is 1. The van der Waals surface area contributed by atoms with Crippen LogP contribution in [0.5, 0.6) is 0 Å². The molecule has 0 aliphatic rings. The third kappa shape index (κ3) is 2.25. The third-order valence-electron chi connectivity index (χ3n) is 1.89. The van der Waals surface area contributed by atoms with E-state index in [0.717, 1.165) is 13.0 Å². The summed E-state index contributed by atoms with van der Waals surface area (Å²) in [6, 6.07) is 1.74. The SMILES string of the molecule is CCCNc1nc(-n2cccn2)nc(=O)[nH]1. The van der Waals surface area contributed by atoms with E-state index in [-0.39, 0.29) is 5.95 Å². The number of aromatic amines is 1. The highest BCUT2D eigenvalue weighted by molar-refractivity contribution is 5.26. The summed E-state index contributed by atoms with van der Waals surface area (Å²) in [6.45, 7) is 2.77. The van der Waals surface area contributed by atoms with Gasteiger partial charge in [-0.05, 0) is 12.5 Å². The van der Waals surface area contributed by atoms with Crippen molar-refractivity contribution < 1.29 is 0 Å².